The number of carbonyl (C=O) groups is 2. The largest absolute Gasteiger partial charge is 0.490 e. The zero-order chi connectivity index (χ0) is 46.1. The number of ether oxygens (including phenoxy) is 2. The highest BCUT2D eigenvalue weighted by Crippen LogP contribution is 2.61. The SMILES string of the molecule is C.CN1CCC(Oc2ccc(-c3cccc(N)c3)cc2)CC1.CN1CCC(Oc2ccc(-c3cccc(NC(=O)C45CC6CC(CC(C6)C4)C5)c3)cc2)CC1.O=C(Cl)C12CC3CC(CC(C3)C1)C2. The van der Waals surface area contributed by atoms with Crippen LogP contribution in [0.3, 0.4) is 0 Å². The molecule has 8 bridgehead atoms. The Morgan fingerprint density at radius 3 is 1.32 bits per heavy atom. The minimum Gasteiger partial charge on any atom is -0.490 e. The molecule has 10 fully saturated rings. The average molecular weight is 942 g/mol. The molecule has 0 aromatic heterocycles. The van der Waals surface area contributed by atoms with Crippen LogP contribution < -0.4 is 20.5 Å². The molecule has 0 spiro atoms. The minimum absolute atomic E-state index is 0. The molecule has 68 heavy (non-hydrogen) atoms. The van der Waals surface area contributed by atoms with Crippen molar-refractivity contribution in [1.29, 1.82) is 0 Å². The van der Waals surface area contributed by atoms with Gasteiger partial charge in [-0.3, -0.25) is 9.59 Å². The average Bonchev–Trinajstić information content (AvgIpc) is 3.31. The van der Waals surface area contributed by atoms with E-state index in [1.165, 1.54) is 38.5 Å². The number of nitrogen functional groups attached to an aromatic ring is 1. The fourth-order valence-electron chi connectivity index (χ4n) is 14.5. The number of nitrogens with zero attached hydrogens (tertiary/aromatic N) is 2. The Bertz CT molecular complexity index is 2260. The molecule has 4 aromatic rings. The summed E-state index contributed by atoms with van der Waals surface area (Å²) in [6, 6.07) is 33.0. The van der Waals surface area contributed by atoms with Gasteiger partial charge in [0.05, 0.1) is 5.41 Å². The summed E-state index contributed by atoms with van der Waals surface area (Å²) in [7, 11) is 4.33. The molecule has 4 aromatic carbocycles. The molecule has 0 atom stereocenters. The molecule has 9 heteroatoms. The molecule has 3 N–H and O–H groups in total. The Hall–Kier alpha value is -4.37. The molecule has 2 saturated heterocycles. The van der Waals surface area contributed by atoms with Gasteiger partial charge in [-0.25, -0.2) is 0 Å². The number of halogens is 1. The quantitative estimate of drug-likeness (QED) is 0.127. The van der Waals surface area contributed by atoms with Crippen molar-refractivity contribution in [2.24, 2.45) is 46.3 Å². The van der Waals surface area contributed by atoms with E-state index in [4.69, 9.17) is 26.8 Å². The summed E-state index contributed by atoms with van der Waals surface area (Å²) in [6.07, 6.45) is 19.9. The zero-order valence-electron chi connectivity index (χ0n) is 40.0. The first kappa shape index (κ1) is 48.6. The molecule has 364 valence electrons. The van der Waals surface area contributed by atoms with E-state index < -0.39 is 0 Å². The van der Waals surface area contributed by atoms with E-state index in [0.29, 0.717) is 12.2 Å². The van der Waals surface area contributed by atoms with Gasteiger partial charge in [0.15, 0.2) is 0 Å². The lowest BCUT2D eigenvalue weighted by Crippen LogP contribution is -2.51. The van der Waals surface area contributed by atoms with Crippen LogP contribution in [-0.2, 0) is 9.59 Å². The number of nitrogens with one attached hydrogen (secondary N) is 1. The van der Waals surface area contributed by atoms with E-state index in [1.54, 1.807) is 0 Å². The summed E-state index contributed by atoms with van der Waals surface area (Å²) in [5.74, 6) is 6.99. The number of hydrogen-bond acceptors (Lipinski definition) is 7. The van der Waals surface area contributed by atoms with Gasteiger partial charge in [0.1, 0.15) is 23.7 Å². The van der Waals surface area contributed by atoms with E-state index in [-0.39, 0.29) is 29.4 Å². The Morgan fingerprint density at radius 2 is 0.926 bits per heavy atom. The fourth-order valence-corrected chi connectivity index (χ4v) is 14.8. The summed E-state index contributed by atoms with van der Waals surface area (Å²) in [4.78, 5) is 29.6. The van der Waals surface area contributed by atoms with Crippen LogP contribution in [0.2, 0.25) is 0 Å². The zero-order valence-corrected chi connectivity index (χ0v) is 40.7. The number of piperidine rings is 2. The van der Waals surface area contributed by atoms with Crippen LogP contribution >= 0.6 is 11.6 Å². The molecule has 2 heterocycles. The molecular formula is C59H77ClN4O4. The number of likely N-dealkylation sites (tertiary alicyclic amines) is 2. The number of anilines is 2. The lowest BCUT2D eigenvalue weighted by Gasteiger charge is -2.55. The number of carbonyl (C=O) groups excluding carboxylic acids is 2. The van der Waals surface area contributed by atoms with Gasteiger partial charge in [0.25, 0.3) is 0 Å². The van der Waals surface area contributed by atoms with Gasteiger partial charge in [-0.05, 0) is 235 Å². The summed E-state index contributed by atoms with van der Waals surface area (Å²) < 4.78 is 12.3. The summed E-state index contributed by atoms with van der Waals surface area (Å²) in [5, 5.41) is 3.28. The Morgan fingerprint density at radius 1 is 0.544 bits per heavy atom. The van der Waals surface area contributed by atoms with E-state index in [2.05, 4.69) is 95.9 Å². The second-order valence-electron chi connectivity index (χ2n) is 22.6. The highest BCUT2D eigenvalue weighted by molar-refractivity contribution is 6.64. The number of hydrogen-bond donors (Lipinski definition) is 2. The molecule has 0 unspecified atom stereocenters. The molecule has 10 aliphatic rings. The molecule has 1 amide bonds. The molecule has 8 aliphatic carbocycles. The lowest BCUT2D eigenvalue weighted by atomic mass is 9.49. The monoisotopic (exact) mass is 941 g/mol. The van der Waals surface area contributed by atoms with Gasteiger partial charge < -0.3 is 30.3 Å². The van der Waals surface area contributed by atoms with Crippen molar-refractivity contribution >= 4 is 34.1 Å². The van der Waals surface area contributed by atoms with Gasteiger partial charge in [-0.1, -0.05) is 56.0 Å². The number of nitrogens with two attached hydrogens (primary N) is 1. The van der Waals surface area contributed by atoms with Gasteiger partial charge in [0.2, 0.25) is 11.1 Å². The van der Waals surface area contributed by atoms with Crippen LogP contribution in [0.15, 0.2) is 97.1 Å². The predicted molar refractivity (Wildman–Crippen MR) is 278 cm³/mol. The predicted octanol–water partition coefficient (Wildman–Crippen LogP) is 13.0. The first-order valence-corrected chi connectivity index (χ1v) is 26.2. The number of rotatable bonds is 9. The molecule has 8 nitrogen and oxygen atoms in total. The molecular weight excluding hydrogens is 864 g/mol. The minimum atomic E-state index is -0.113. The second-order valence-corrected chi connectivity index (χ2v) is 23.0. The maximum absolute atomic E-state index is 13.4. The second kappa shape index (κ2) is 20.9. The third kappa shape index (κ3) is 11.3. The third-order valence-corrected chi connectivity index (χ3v) is 17.7. The van der Waals surface area contributed by atoms with Crippen molar-refractivity contribution in [3.8, 4) is 33.8 Å². The Balaban J connectivity index is 0.000000140. The topological polar surface area (TPSA) is 97.1 Å². The highest BCUT2D eigenvalue weighted by atomic mass is 35.5. The molecule has 0 radical (unpaired) electrons. The Kier molecular flexibility index (Phi) is 15.0. The third-order valence-electron chi connectivity index (χ3n) is 17.3. The highest BCUT2D eigenvalue weighted by Gasteiger charge is 2.55. The maximum atomic E-state index is 13.4. The van der Waals surface area contributed by atoms with Crippen LogP contribution in [0.4, 0.5) is 11.4 Å². The van der Waals surface area contributed by atoms with Crippen molar-refractivity contribution in [2.75, 3.05) is 51.3 Å². The van der Waals surface area contributed by atoms with Crippen molar-refractivity contribution < 1.29 is 19.1 Å². The van der Waals surface area contributed by atoms with E-state index in [1.807, 2.05) is 30.3 Å². The van der Waals surface area contributed by atoms with Gasteiger partial charge in [-0.2, -0.15) is 0 Å². The molecule has 14 rings (SSSR count). The van der Waals surface area contributed by atoms with E-state index in [9.17, 15) is 9.59 Å². The number of amides is 1. The van der Waals surface area contributed by atoms with E-state index >= 15 is 0 Å². The van der Waals surface area contributed by atoms with Crippen molar-refractivity contribution in [3.05, 3.63) is 97.1 Å². The maximum Gasteiger partial charge on any atom is 0.230 e. The summed E-state index contributed by atoms with van der Waals surface area (Å²) in [5.41, 5.74) is 11.9. The standard InChI is InChI=1S/C29H36N2O2.C18H22N2O.C11H15ClO.CH4/c1-31-11-9-27(10-12-31)33-26-7-5-23(6-8-26)24-3-2-4-25(16-24)30-28(32)29-17-20-13-21(18-29)15-22(14-20)19-29;1-20-11-9-18(10-12-20)21-17-7-5-14(6-8-17)15-3-2-4-16(19)13-15;12-10(13)11-4-7-1-8(5-11)3-9(2-7)6-11;/h2-8,16,20-22,27H,9-15,17-19H2,1H3,(H,30,32);2-8,13,18H,9-12,19H2,1H3;7-9H,1-6H2;1H4. The molecule has 8 saturated carbocycles. The van der Waals surface area contributed by atoms with Crippen LogP contribution in [0.5, 0.6) is 11.5 Å². The van der Waals surface area contributed by atoms with Gasteiger partial charge in [-0.15, -0.1) is 0 Å². The van der Waals surface area contributed by atoms with Crippen LogP contribution in [0.25, 0.3) is 22.3 Å². The van der Waals surface area contributed by atoms with Gasteiger partial charge >= 0.3 is 0 Å². The van der Waals surface area contributed by atoms with Crippen LogP contribution in [0.1, 0.15) is 110 Å². The fraction of sp³-hybridized carbons (Fsp3) is 0.559. The Labute approximate surface area is 412 Å². The van der Waals surface area contributed by atoms with Crippen molar-refractivity contribution in [2.45, 2.75) is 122 Å². The summed E-state index contributed by atoms with van der Waals surface area (Å²) >= 11 is 5.76. The number of benzene rings is 4. The van der Waals surface area contributed by atoms with Crippen molar-refractivity contribution in [3.63, 3.8) is 0 Å². The first-order chi connectivity index (χ1) is 32.4. The molecule has 2 aliphatic heterocycles. The van der Waals surface area contributed by atoms with E-state index in [0.717, 1.165) is 171 Å². The smallest absolute Gasteiger partial charge is 0.230 e. The van der Waals surface area contributed by atoms with Crippen LogP contribution in [0, 0.1) is 46.3 Å². The normalized spacial score (nSPS) is 30.5. The summed E-state index contributed by atoms with van der Waals surface area (Å²) in [6.45, 7) is 4.44. The van der Waals surface area contributed by atoms with Crippen molar-refractivity contribution in [1.82, 2.24) is 9.80 Å². The van der Waals surface area contributed by atoms with Gasteiger partial charge in [0, 0.05) is 43.0 Å². The van der Waals surface area contributed by atoms with Crippen LogP contribution in [-0.4, -0.2) is 73.4 Å². The lowest BCUT2D eigenvalue weighted by molar-refractivity contribution is -0.140. The first-order valence-electron chi connectivity index (χ1n) is 25.8.